The van der Waals surface area contributed by atoms with Gasteiger partial charge in [0.1, 0.15) is 18.2 Å². The van der Waals surface area contributed by atoms with E-state index >= 15 is 0 Å². The van der Waals surface area contributed by atoms with Crippen molar-refractivity contribution in [1.82, 2.24) is 4.31 Å². The summed E-state index contributed by atoms with van der Waals surface area (Å²) in [6, 6.07) is 12.1. The molecular weight excluding hydrogens is 397 g/mol. The topological polar surface area (TPSA) is 72.9 Å². The van der Waals surface area contributed by atoms with Crippen LogP contribution in [0.2, 0.25) is 0 Å². The van der Waals surface area contributed by atoms with Crippen LogP contribution in [-0.2, 0) is 26.2 Å². The molecule has 0 saturated carbocycles. The van der Waals surface area contributed by atoms with E-state index in [1.165, 1.54) is 16.4 Å². The van der Waals surface area contributed by atoms with Gasteiger partial charge < -0.3 is 9.47 Å². The predicted molar refractivity (Wildman–Crippen MR) is 105 cm³/mol. The van der Waals surface area contributed by atoms with Gasteiger partial charge in [-0.3, -0.25) is 4.79 Å². The lowest BCUT2D eigenvalue weighted by molar-refractivity contribution is -0.151. The highest BCUT2D eigenvalue weighted by Gasteiger charge is 2.32. The maximum atomic E-state index is 13.1. The Morgan fingerprint density at radius 3 is 2.41 bits per heavy atom. The molecule has 1 fully saturated rings. The maximum Gasteiger partial charge on any atom is 0.309 e. The smallest absolute Gasteiger partial charge is 0.309 e. The van der Waals surface area contributed by atoms with E-state index < -0.39 is 15.8 Å². The van der Waals surface area contributed by atoms with E-state index in [9.17, 15) is 17.6 Å². The molecule has 0 amide bonds. The molecule has 8 heteroatoms. The predicted octanol–water partition coefficient (Wildman–Crippen LogP) is 3.37. The van der Waals surface area contributed by atoms with Gasteiger partial charge in [0, 0.05) is 18.7 Å². The lowest BCUT2D eigenvalue weighted by Gasteiger charge is -2.30. The second-order valence-corrected chi connectivity index (χ2v) is 8.72. The van der Waals surface area contributed by atoms with Crippen LogP contribution >= 0.6 is 0 Å². The number of para-hydroxylation sites is 1. The molecule has 0 aliphatic carbocycles. The number of carbonyl (C=O) groups is 1. The van der Waals surface area contributed by atoms with Crippen LogP contribution in [0, 0.1) is 11.7 Å². The summed E-state index contributed by atoms with van der Waals surface area (Å²) < 4.78 is 50.7. The van der Waals surface area contributed by atoms with Crippen molar-refractivity contribution in [3.05, 3.63) is 59.9 Å². The van der Waals surface area contributed by atoms with E-state index in [0.29, 0.717) is 25.2 Å². The summed E-state index contributed by atoms with van der Waals surface area (Å²) in [7, 11) is -3.70. The van der Waals surface area contributed by atoms with Crippen molar-refractivity contribution in [3.8, 4) is 5.75 Å². The number of halogens is 1. The Bertz CT molecular complexity index is 938. The number of esters is 1. The zero-order chi connectivity index (χ0) is 20.9. The molecule has 1 saturated heterocycles. The third kappa shape index (κ3) is 5.13. The van der Waals surface area contributed by atoms with Crippen molar-refractivity contribution >= 4 is 16.0 Å². The Hall–Kier alpha value is -2.45. The molecule has 3 rings (SSSR count). The number of piperidine rings is 1. The minimum atomic E-state index is -3.70. The molecule has 0 atom stereocenters. The Morgan fingerprint density at radius 1 is 1.10 bits per heavy atom. The number of hydrogen-bond donors (Lipinski definition) is 0. The first kappa shape index (κ1) is 21.3. The second kappa shape index (κ2) is 9.37. The molecule has 0 N–H and O–H groups in total. The number of benzene rings is 2. The van der Waals surface area contributed by atoms with E-state index in [-0.39, 0.29) is 36.5 Å². The molecule has 6 nitrogen and oxygen atoms in total. The maximum absolute atomic E-state index is 13.1. The number of carbonyl (C=O) groups excluding carboxylic acids is 1. The van der Waals surface area contributed by atoms with E-state index in [1.807, 2.05) is 31.2 Å². The van der Waals surface area contributed by atoms with Crippen molar-refractivity contribution in [1.29, 1.82) is 0 Å². The fourth-order valence-corrected chi connectivity index (χ4v) is 4.74. The number of ether oxygens (including phenoxy) is 2. The first-order valence-electron chi connectivity index (χ1n) is 9.55. The van der Waals surface area contributed by atoms with Crippen molar-refractivity contribution < 1.29 is 27.1 Å². The van der Waals surface area contributed by atoms with Gasteiger partial charge in [-0.2, -0.15) is 4.31 Å². The molecule has 1 aliphatic rings. The first-order valence-corrected chi connectivity index (χ1v) is 11.0. The molecule has 1 aliphatic heterocycles. The zero-order valence-electron chi connectivity index (χ0n) is 16.2. The van der Waals surface area contributed by atoms with Gasteiger partial charge in [-0.25, -0.2) is 12.8 Å². The van der Waals surface area contributed by atoms with Crippen LogP contribution in [0.1, 0.15) is 25.3 Å². The van der Waals surface area contributed by atoms with Gasteiger partial charge in [-0.1, -0.05) is 18.2 Å². The summed E-state index contributed by atoms with van der Waals surface area (Å²) in [5.41, 5.74) is 0.791. The molecule has 156 valence electrons. The van der Waals surface area contributed by atoms with Gasteiger partial charge >= 0.3 is 5.97 Å². The number of sulfonamides is 1. The van der Waals surface area contributed by atoms with Gasteiger partial charge in [0.25, 0.3) is 0 Å². The average Bonchev–Trinajstić information content (AvgIpc) is 2.73. The van der Waals surface area contributed by atoms with Crippen LogP contribution < -0.4 is 4.74 Å². The van der Waals surface area contributed by atoms with Gasteiger partial charge in [0.05, 0.1) is 17.4 Å². The van der Waals surface area contributed by atoms with E-state index in [4.69, 9.17) is 9.47 Å². The third-order valence-electron chi connectivity index (χ3n) is 4.88. The van der Waals surface area contributed by atoms with Crippen LogP contribution in [0.15, 0.2) is 53.4 Å². The Morgan fingerprint density at radius 2 is 1.76 bits per heavy atom. The van der Waals surface area contributed by atoms with Crippen LogP contribution in [0.4, 0.5) is 4.39 Å². The molecule has 2 aromatic carbocycles. The molecule has 1 heterocycles. The summed E-state index contributed by atoms with van der Waals surface area (Å²) in [6.45, 7) is 2.95. The molecule has 0 aromatic heterocycles. The van der Waals surface area contributed by atoms with Gasteiger partial charge in [-0.05, 0) is 50.1 Å². The molecular formula is C21H24FNO5S. The van der Waals surface area contributed by atoms with Crippen LogP contribution in [-0.4, -0.2) is 38.4 Å². The average molecular weight is 421 g/mol. The quantitative estimate of drug-likeness (QED) is 0.641. The Kier molecular flexibility index (Phi) is 6.87. The molecule has 29 heavy (non-hydrogen) atoms. The minimum absolute atomic E-state index is 0.0486. The molecule has 0 spiro atoms. The highest BCUT2D eigenvalue weighted by atomic mass is 32.2. The molecule has 0 radical (unpaired) electrons. The zero-order valence-corrected chi connectivity index (χ0v) is 17.0. The summed E-state index contributed by atoms with van der Waals surface area (Å²) in [5, 5.41) is 0. The highest BCUT2D eigenvalue weighted by Crippen LogP contribution is 2.26. The monoisotopic (exact) mass is 421 g/mol. The van der Waals surface area contributed by atoms with Gasteiger partial charge in [-0.15, -0.1) is 0 Å². The van der Waals surface area contributed by atoms with Crippen LogP contribution in [0.25, 0.3) is 0 Å². The van der Waals surface area contributed by atoms with E-state index in [0.717, 1.165) is 17.7 Å². The number of rotatable bonds is 7. The van der Waals surface area contributed by atoms with Gasteiger partial charge in [0.15, 0.2) is 0 Å². The van der Waals surface area contributed by atoms with Crippen molar-refractivity contribution in [3.63, 3.8) is 0 Å². The summed E-state index contributed by atoms with van der Waals surface area (Å²) in [6.07, 6.45) is 0.763. The third-order valence-corrected chi connectivity index (χ3v) is 6.79. The normalized spacial score (nSPS) is 15.8. The summed E-state index contributed by atoms with van der Waals surface area (Å²) in [4.78, 5) is 12.5. The Balaban J connectivity index is 1.55. The lowest BCUT2D eigenvalue weighted by atomic mass is 9.98. The fraction of sp³-hybridized carbons (Fsp3) is 0.381. The highest BCUT2D eigenvalue weighted by molar-refractivity contribution is 7.89. The van der Waals surface area contributed by atoms with Crippen LogP contribution in [0.3, 0.4) is 0 Å². The fourth-order valence-electron chi connectivity index (χ4n) is 3.27. The van der Waals surface area contributed by atoms with Crippen molar-refractivity contribution in [2.24, 2.45) is 5.92 Å². The lowest BCUT2D eigenvalue weighted by Crippen LogP contribution is -2.40. The number of hydrogen-bond acceptors (Lipinski definition) is 5. The van der Waals surface area contributed by atoms with Crippen LogP contribution in [0.5, 0.6) is 5.75 Å². The molecule has 2 aromatic rings. The van der Waals surface area contributed by atoms with Gasteiger partial charge in [0.2, 0.25) is 10.0 Å². The first-order chi connectivity index (χ1) is 13.9. The summed E-state index contributed by atoms with van der Waals surface area (Å²) >= 11 is 0. The van der Waals surface area contributed by atoms with E-state index in [1.54, 1.807) is 0 Å². The van der Waals surface area contributed by atoms with E-state index in [2.05, 4.69) is 0 Å². The largest absolute Gasteiger partial charge is 0.493 e. The molecule has 0 unspecified atom stereocenters. The minimum Gasteiger partial charge on any atom is -0.493 e. The Labute approximate surface area is 170 Å². The SMILES string of the molecule is CCOc1ccccc1COC(=O)C1CCN(S(=O)(=O)c2ccc(F)cc2)CC1. The second-order valence-electron chi connectivity index (χ2n) is 6.78. The summed E-state index contributed by atoms with van der Waals surface area (Å²) in [5.74, 6) is -0.497. The van der Waals surface area contributed by atoms with Crippen molar-refractivity contribution in [2.45, 2.75) is 31.3 Å². The number of nitrogens with zero attached hydrogens (tertiary/aromatic N) is 1. The standard InChI is InChI=1S/C21H24FNO5S/c1-2-27-20-6-4-3-5-17(20)15-28-21(24)16-11-13-23(14-12-16)29(25,26)19-9-7-18(22)8-10-19/h3-10,16H,2,11-15H2,1H3. The van der Waals surface area contributed by atoms with Crippen molar-refractivity contribution in [2.75, 3.05) is 19.7 Å². The molecule has 0 bridgehead atoms.